The number of aromatic hydroxyl groups is 1. The summed E-state index contributed by atoms with van der Waals surface area (Å²) < 4.78 is 191. The average Bonchev–Trinajstić information content (AvgIpc) is 3.42. The van der Waals surface area contributed by atoms with Gasteiger partial charge in [-0.25, -0.2) is 0 Å². The number of aryl methyl sites for hydroxylation is 4. The van der Waals surface area contributed by atoms with E-state index < -0.39 is 60.3 Å². The molecule has 20 heteroatoms. The van der Waals surface area contributed by atoms with Crippen molar-refractivity contribution in [2.75, 3.05) is 34.4 Å². The van der Waals surface area contributed by atoms with E-state index in [1.165, 1.54) is 24.0 Å². The predicted octanol–water partition coefficient (Wildman–Crippen LogP) is 14.7. The van der Waals surface area contributed by atoms with E-state index in [9.17, 15) is 62.6 Å². The van der Waals surface area contributed by atoms with Crippen molar-refractivity contribution in [1.29, 1.82) is 0 Å². The number of hydrogen-bond donors (Lipinski definition) is 1. The van der Waals surface area contributed by atoms with Gasteiger partial charge in [-0.15, -0.1) is 0 Å². The molecule has 5 rings (SSSR count). The molecule has 1 aliphatic rings. The number of benzene rings is 4. The molecule has 0 spiro atoms. The molecule has 1 aliphatic heterocycles. The Balaban J connectivity index is 0.000000344. The highest BCUT2D eigenvalue weighted by Gasteiger charge is 2.73. The lowest BCUT2D eigenvalue weighted by atomic mass is 9.70. The molecule has 0 unspecified atom stereocenters. The van der Waals surface area contributed by atoms with Gasteiger partial charge < -0.3 is 33.5 Å². The average molecular weight is 1120 g/mol. The van der Waals surface area contributed by atoms with Gasteiger partial charge >= 0.3 is 41.9 Å². The van der Waals surface area contributed by atoms with Crippen molar-refractivity contribution >= 4 is 5.97 Å². The van der Waals surface area contributed by atoms with Crippen molar-refractivity contribution in [3.8, 4) is 35.2 Å². The highest BCUT2D eigenvalue weighted by Crippen LogP contribution is 2.48. The molecule has 1 atom stereocenters. The van der Waals surface area contributed by atoms with Crippen LogP contribution in [0.5, 0.6) is 11.5 Å². The number of methoxy groups -OCH3 is 2. The number of esters is 1. The largest absolute Gasteiger partial charge is 0.508 e. The van der Waals surface area contributed by atoms with E-state index in [0.29, 0.717) is 54.5 Å². The third-order valence-corrected chi connectivity index (χ3v) is 14.2. The fraction of sp³-hybridized carbons (Fsp3) is 0.500. The van der Waals surface area contributed by atoms with Gasteiger partial charge in [0.2, 0.25) is 0 Å². The van der Waals surface area contributed by atoms with E-state index in [0.717, 1.165) is 54.9 Å². The van der Waals surface area contributed by atoms with E-state index in [1.807, 2.05) is 70.9 Å². The van der Waals surface area contributed by atoms with Crippen LogP contribution in [-0.2, 0) is 39.3 Å². The summed E-state index contributed by atoms with van der Waals surface area (Å²) in [5.41, 5.74) is -4.36. The van der Waals surface area contributed by atoms with Crippen LogP contribution in [0.2, 0.25) is 0 Å². The quantitative estimate of drug-likeness (QED) is 0.0484. The summed E-state index contributed by atoms with van der Waals surface area (Å²) in [5, 5.41) is 9.91. The highest BCUT2D eigenvalue weighted by atomic mass is 19.4. The summed E-state index contributed by atoms with van der Waals surface area (Å²) in [4.78, 5) is 11.6. The Hall–Kier alpha value is -5.93. The van der Waals surface area contributed by atoms with Crippen molar-refractivity contribution in [3.05, 3.63) is 128 Å². The summed E-state index contributed by atoms with van der Waals surface area (Å²) in [5.74, 6) is 7.34. The minimum absolute atomic E-state index is 0.00656. The SMILES string of the molecule is CCC(CC)(c1ccc(C#CC(OCOC)(C(F)(F)F)C(F)(F)F)c(C)c1)c1ccc(OC[C@H]2CCCC(=O)O2)c(C)c1.CCC(CC)(c1ccc(O)c(C)c1)c1ccc(C#CC(OCOC)(C(F)(F)F)C(F)(F)F)c(C)c1. The number of hydrogen-bond acceptors (Lipinski definition) is 8. The van der Waals surface area contributed by atoms with Crippen LogP contribution in [0.25, 0.3) is 0 Å². The smallest absolute Gasteiger partial charge is 0.438 e. The molecule has 0 saturated carbocycles. The van der Waals surface area contributed by atoms with Crippen molar-refractivity contribution < 1.29 is 91.0 Å². The molecule has 78 heavy (non-hydrogen) atoms. The normalized spacial score (nSPS) is 14.8. The lowest BCUT2D eigenvalue weighted by molar-refractivity contribution is -0.368. The number of carbonyl (C=O) groups is 1. The van der Waals surface area contributed by atoms with Crippen LogP contribution in [0.1, 0.15) is 128 Å². The molecule has 4 aromatic rings. The number of ether oxygens (including phenoxy) is 6. The van der Waals surface area contributed by atoms with Crippen LogP contribution < -0.4 is 4.74 Å². The van der Waals surface area contributed by atoms with E-state index in [1.54, 1.807) is 51.1 Å². The standard InChI is InChI=1S/C32H36F6O5.C26H28F6O3/c1-6-29(7-2,25-13-14-27(22(4)18-25)41-19-26-9-8-10-28(39)43-26)24-12-11-23(21(3)17-24)15-16-30(31(33,34)35,32(36,37)38)42-20-40-5;1-6-23(7-2,21-10-11-22(33)18(4)15-21)20-9-8-19(17(3)14-20)12-13-24(25(27,28)29,26(30,31)32)35-16-34-5/h11-14,17-18,26H,6-10,19-20H2,1-5H3;8-11,14-15,33H,6-7,16H2,1-5H3/t26-;/m1./s1. The van der Waals surface area contributed by atoms with Crippen LogP contribution in [-0.4, -0.2) is 87.5 Å². The molecule has 1 N–H and O–H groups in total. The predicted molar refractivity (Wildman–Crippen MR) is 268 cm³/mol. The van der Waals surface area contributed by atoms with Gasteiger partial charge in [-0.2, -0.15) is 52.7 Å². The molecule has 0 aromatic heterocycles. The number of rotatable bonds is 17. The van der Waals surface area contributed by atoms with E-state index in [2.05, 4.69) is 24.9 Å². The maximum absolute atomic E-state index is 13.7. The number of alkyl halides is 12. The Morgan fingerprint density at radius 1 is 0.551 bits per heavy atom. The van der Waals surface area contributed by atoms with Crippen molar-refractivity contribution in [2.24, 2.45) is 0 Å². The molecule has 0 amide bonds. The number of carbonyl (C=O) groups excluding carboxylic acids is 1. The number of cyclic esters (lactones) is 1. The van der Waals surface area contributed by atoms with E-state index >= 15 is 0 Å². The lowest BCUT2D eigenvalue weighted by Crippen LogP contribution is -2.58. The first kappa shape index (κ1) is 64.6. The maximum Gasteiger partial charge on any atom is 0.438 e. The zero-order chi connectivity index (χ0) is 58.7. The fourth-order valence-electron chi connectivity index (χ4n) is 9.42. The van der Waals surface area contributed by atoms with Crippen LogP contribution in [0, 0.1) is 51.4 Å². The minimum Gasteiger partial charge on any atom is -0.508 e. The van der Waals surface area contributed by atoms with Gasteiger partial charge in [0.1, 0.15) is 37.8 Å². The monoisotopic (exact) mass is 1120 g/mol. The second-order valence-corrected chi connectivity index (χ2v) is 18.9. The Morgan fingerprint density at radius 2 is 0.923 bits per heavy atom. The van der Waals surface area contributed by atoms with Gasteiger partial charge in [-0.05, 0) is 147 Å². The van der Waals surface area contributed by atoms with Gasteiger partial charge in [0, 0.05) is 42.6 Å². The fourth-order valence-corrected chi connectivity index (χ4v) is 9.42. The summed E-state index contributed by atoms with van der Waals surface area (Å²) in [6, 6.07) is 20.7. The zero-order valence-electron chi connectivity index (χ0n) is 44.9. The molecule has 8 nitrogen and oxygen atoms in total. The lowest BCUT2D eigenvalue weighted by Gasteiger charge is -2.34. The summed E-state index contributed by atoms with van der Waals surface area (Å²) in [6.45, 7) is 12.6. The first-order valence-corrected chi connectivity index (χ1v) is 24.9. The molecule has 1 heterocycles. The van der Waals surface area contributed by atoms with Crippen molar-refractivity contribution in [1.82, 2.24) is 0 Å². The van der Waals surface area contributed by atoms with Crippen LogP contribution in [0.3, 0.4) is 0 Å². The molecule has 1 fully saturated rings. The molecule has 428 valence electrons. The maximum atomic E-state index is 13.7. The molecule has 0 aliphatic carbocycles. The summed E-state index contributed by atoms with van der Waals surface area (Å²) in [6.07, 6.45) is -19.1. The molecule has 1 saturated heterocycles. The summed E-state index contributed by atoms with van der Waals surface area (Å²) >= 11 is 0. The Labute approximate surface area is 447 Å². The number of phenols is 1. The molecular formula is C58H64F12O8. The van der Waals surface area contributed by atoms with Crippen LogP contribution in [0.15, 0.2) is 72.8 Å². The first-order chi connectivity index (χ1) is 36.3. The van der Waals surface area contributed by atoms with Gasteiger partial charge in [0.15, 0.2) is 0 Å². The number of phenolic OH excluding ortho intramolecular Hbond substituents is 1. The van der Waals surface area contributed by atoms with Crippen molar-refractivity contribution in [2.45, 2.75) is 153 Å². The van der Waals surface area contributed by atoms with Crippen LogP contribution in [0.4, 0.5) is 52.7 Å². The minimum atomic E-state index is -5.86. The molecule has 0 radical (unpaired) electrons. The third kappa shape index (κ3) is 13.9. The third-order valence-electron chi connectivity index (χ3n) is 14.2. The molecule has 0 bridgehead atoms. The Kier molecular flexibility index (Phi) is 21.4. The van der Waals surface area contributed by atoms with Crippen molar-refractivity contribution in [3.63, 3.8) is 0 Å². The highest BCUT2D eigenvalue weighted by molar-refractivity contribution is 5.70. The zero-order valence-corrected chi connectivity index (χ0v) is 44.9. The number of halogens is 12. The second kappa shape index (κ2) is 25.9. The Bertz CT molecular complexity index is 2770. The van der Waals surface area contributed by atoms with Crippen LogP contribution >= 0.6 is 0 Å². The summed E-state index contributed by atoms with van der Waals surface area (Å²) in [7, 11) is 1.83. The van der Waals surface area contributed by atoms with E-state index in [-0.39, 0.29) is 35.6 Å². The topological polar surface area (TPSA) is 92.7 Å². The van der Waals surface area contributed by atoms with Gasteiger partial charge in [0.25, 0.3) is 0 Å². The second-order valence-electron chi connectivity index (χ2n) is 18.9. The van der Waals surface area contributed by atoms with Gasteiger partial charge in [-0.1, -0.05) is 88.1 Å². The Morgan fingerprint density at radius 3 is 1.26 bits per heavy atom. The van der Waals surface area contributed by atoms with Gasteiger partial charge in [0.05, 0.1) is 0 Å². The molecular weight excluding hydrogens is 1050 g/mol. The molecule has 4 aromatic carbocycles. The first-order valence-electron chi connectivity index (χ1n) is 24.9. The van der Waals surface area contributed by atoms with E-state index in [4.69, 9.17) is 9.47 Å². The van der Waals surface area contributed by atoms with Gasteiger partial charge in [-0.3, -0.25) is 4.79 Å².